The zero-order valence-electron chi connectivity index (χ0n) is 11.9. The van der Waals surface area contributed by atoms with E-state index in [0.717, 1.165) is 22.2 Å². The molecule has 1 aromatic carbocycles. The third-order valence-electron chi connectivity index (χ3n) is 2.91. The van der Waals surface area contributed by atoms with Crippen LogP contribution in [-0.4, -0.2) is 24.0 Å². The number of rotatable bonds is 6. The van der Waals surface area contributed by atoms with Crippen molar-refractivity contribution in [2.24, 2.45) is 0 Å². The van der Waals surface area contributed by atoms with Crippen LogP contribution in [0.1, 0.15) is 15.9 Å². The molecule has 0 bridgehead atoms. The van der Waals surface area contributed by atoms with E-state index in [2.05, 4.69) is 32.2 Å². The summed E-state index contributed by atoms with van der Waals surface area (Å²) in [7, 11) is 0. The number of aromatic nitrogens is 1. The lowest BCUT2D eigenvalue weighted by Crippen LogP contribution is -2.25. The Kier molecular flexibility index (Phi) is 5.99. The number of benzene rings is 1. The fraction of sp³-hybridized carbons (Fsp3) is 0.176. The van der Waals surface area contributed by atoms with Gasteiger partial charge in [0.2, 0.25) is 0 Å². The van der Waals surface area contributed by atoms with E-state index in [0.29, 0.717) is 12.1 Å². The Morgan fingerprint density at radius 3 is 2.77 bits per heavy atom. The number of pyridine rings is 1. The van der Waals surface area contributed by atoms with Gasteiger partial charge in [-0.25, -0.2) is 0 Å². The van der Waals surface area contributed by atoms with E-state index in [1.165, 1.54) is 6.20 Å². The number of terminal acetylenes is 1. The number of nitrogens with zero attached hydrogens (tertiary/aromatic N) is 1. The van der Waals surface area contributed by atoms with Gasteiger partial charge in [-0.05, 0) is 46.1 Å². The number of halogens is 1. The highest BCUT2D eigenvalue weighted by Crippen LogP contribution is 2.12. The van der Waals surface area contributed by atoms with Crippen molar-refractivity contribution < 1.29 is 9.53 Å². The summed E-state index contributed by atoms with van der Waals surface area (Å²) < 4.78 is 6.08. The minimum Gasteiger partial charge on any atom is -0.481 e. The number of hydrogen-bond donors (Lipinski definition) is 1. The second-order valence-electron chi connectivity index (χ2n) is 4.53. The molecule has 0 spiro atoms. The van der Waals surface area contributed by atoms with Crippen molar-refractivity contribution in [3.63, 3.8) is 0 Å². The first-order chi connectivity index (χ1) is 10.7. The van der Waals surface area contributed by atoms with E-state index < -0.39 is 0 Å². The van der Waals surface area contributed by atoms with Gasteiger partial charge in [-0.1, -0.05) is 18.1 Å². The largest absolute Gasteiger partial charge is 0.481 e. The van der Waals surface area contributed by atoms with Crippen LogP contribution in [0.5, 0.6) is 5.75 Å². The van der Waals surface area contributed by atoms with Crippen LogP contribution in [-0.2, 0) is 6.42 Å². The van der Waals surface area contributed by atoms with E-state index >= 15 is 0 Å². The first-order valence-corrected chi connectivity index (χ1v) is 7.52. The van der Waals surface area contributed by atoms with Gasteiger partial charge in [0.25, 0.3) is 5.91 Å². The van der Waals surface area contributed by atoms with Gasteiger partial charge in [-0.2, -0.15) is 0 Å². The minimum absolute atomic E-state index is 0.136. The van der Waals surface area contributed by atoms with Gasteiger partial charge in [-0.15, -0.1) is 6.42 Å². The Balaban J connectivity index is 1.81. The predicted molar refractivity (Wildman–Crippen MR) is 88.7 cm³/mol. The Labute approximate surface area is 138 Å². The SMILES string of the molecule is C#CCOc1ccc(CCNC(=O)c2cncc(Br)c2)cc1. The van der Waals surface area contributed by atoms with E-state index in [4.69, 9.17) is 11.2 Å². The van der Waals surface area contributed by atoms with Gasteiger partial charge in [0.05, 0.1) is 5.56 Å². The second kappa shape index (κ2) is 8.20. The van der Waals surface area contributed by atoms with Crippen LogP contribution in [0.25, 0.3) is 0 Å². The van der Waals surface area contributed by atoms with Crippen molar-refractivity contribution in [3.05, 3.63) is 58.3 Å². The molecule has 2 rings (SSSR count). The molecule has 0 fully saturated rings. The molecule has 1 aromatic heterocycles. The number of carbonyl (C=O) groups is 1. The molecule has 0 unspecified atom stereocenters. The number of carbonyl (C=O) groups excluding carboxylic acids is 1. The van der Waals surface area contributed by atoms with Crippen LogP contribution < -0.4 is 10.1 Å². The molecular formula is C17H15BrN2O2. The third kappa shape index (κ3) is 4.90. The van der Waals surface area contributed by atoms with Crippen molar-refractivity contribution in [1.29, 1.82) is 0 Å². The molecule has 0 radical (unpaired) electrons. The summed E-state index contributed by atoms with van der Waals surface area (Å²) in [5.74, 6) is 3.02. The van der Waals surface area contributed by atoms with Gasteiger partial charge >= 0.3 is 0 Å². The Hall–Kier alpha value is -2.32. The summed E-state index contributed by atoms with van der Waals surface area (Å²) in [4.78, 5) is 15.9. The fourth-order valence-electron chi connectivity index (χ4n) is 1.84. The smallest absolute Gasteiger partial charge is 0.252 e. The molecule has 1 N–H and O–H groups in total. The monoisotopic (exact) mass is 358 g/mol. The van der Waals surface area contributed by atoms with Crippen LogP contribution in [0.15, 0.2) is 47.2 Å². The minimum atomic E-state index is -0.136. The molecule has 0 aliphatic rings. The molecule has 112 valence electrons. The van der Waals surface area contributed by atoms with Crippen molar-refractivity contribution in [2.75, 3.05) is 13.2 Å². The normalized spacial score (nSPS) is 9.82. The number of ether oxygens (including phenoxy) is 1. The molecule has 0 aliphatic carbocycles. The highest BCUT2D eigenvalue weighted by molar-refractivity contribution is 9.10. The van der Waals surface area contributed by atoms with Gasteiger partial charge in [0.15, 0.2) is 0 Å². The van der Waals surface area contributed by atoms with Crippen molar-refractivity contribution in [1.82, 2.24) is 10.3 Å². The lowest BCUT2D eigenvalue weighted by molar-refractivity contribution is 0.0953. The lowest BCUT2D eigenvalue weighted by atomic mass is 10.1. The average molecular weight is 359 g/mol. The van der Waals surface area contributed by atoms with Crippen molar-refractivity contribution in [2.45, 2.75) is 6.42 Å². The average Bonchev–Trinajstić information content (AvgIpc) is 2.54. The van der Waals surface area contributed by atoms with Gasteiger partial charge in [0, 0.05) is 23.4 Å². The molecule has 0 saturated carbocycles. The summed E-state index contributed by atoms with van der Waals surface area (Å²) in [6.45, 7) is 0.811. The molecule has 1 heterocycles. The Morgan fingerprint density at radius 1 is 1.32 bits per heavy atom. The second-order valence-corrected chi connectivity index (χ2v) is 5.45. The standard InChI is InChI=1S/C17H15BrN2O2/c1-2-9-22-16-5-3-13(4-6-16)7-8-20-17(21)14-10-15(18)12-19-11-14/h1,3-6,10-12H,7-9H2,(H,20,21). The highest BCUT2D eigenvalue weighted by Gasteiger charge is 2.05. The molecular weight excluding hydrogens is 344 g/mol. The van der Waals surface area contributed by atoms with Crippen LogP contribution >= 0.6 is 15.9 Å². The molecule has 0 atom stereocenters. The summed E-state index contributed by atoms with van der Waals surface area (Å²) in [6, 6.07) is 9.39. The summed E-state index contributed by atoms with van der Waals surface area (Å²) in [5, 5.41) is 2.87. The molecule has 22 heavy (non-hydrogen) atoms. The molecule has 0 saturated heterocycles. The van der Waals surface area contributed by atoms with Crippen LogP contribution in [0.4, 0.5) is 0 Å². The zero-order valence-corrected chi connectivity index (χ0v) is 13.5. The highest BCUT2D eigenvalue weighted by atomic mass is 79.9. The third-order valence-corrected chi connectivity index (χ3v) is 3.35. The van der Waals surface area contributed by atoms with Gasteiger partial charge in [-0.3, -0.25) is 9.78 Å². The summed E-state index contributed by atoms with van der Waals surface area (Å²) in [5.41, 5.74) is 1.65. The van der Waals surface area contributed by atoms with Crippen molar-refractivity contribution >= 4 is 21.8 Å². The van der Waals surface area contributed by atoms with Crippen molar-refractivity contribution in [3.8, 4) is 18.1 Å². The van der Waals surface area contributed by atoms with E-state index in [-0.39, 0.29) is 12.5 Å². The maximum Gasteiger partial charge on any atom is 0.252 e. The lowest BCUT2D eigenvalue weighted by Gasteiger charge is -2.07. The summed E-state index contributed by atoms with van der Waals surface area (Å²) in [6.07, 6.45) is 9.05. The topological polar surface area (TPSA) is 51.2 Å². The van der Waals surface area contributed by atoms with E-state index in [9.17, 15) is 4.79 Å². The maximum atomic E-state index is 11.9. The first kappa shape index (κ1) is 16.1. The molecule has 4 nitrogen and oxygen atoms in total. The van der Waals surface area contributed by atoms with Gasteiger partial charge < -0.3 is 10.1 Å². The molecule has 1 amide bonds. The number of amides is 1. The quantitative estimate of drug-likeness (QED) is 0.807. The maximum absolute atomic E-state index is 11.9. The van der Waals surface area contributed by atoms with Crippen LogP contribution in [0.3, 0.4) is 0 Å². The van der Waals surface area contributed by atoms with E-state index in [1.54, 1.807) is 12.3 Å². The number of nitrogens with one attached hydrogen (secondary N) is 1. The Morgan fingerprint density at radius 2 is 2.09 bits per heavy atom. The Bertz CT molecular complexity index is 678. The number of hydrogen-bond acceptors (Lipinski definition) is 3. The molecule has 5 heteroatoms. The predicted octanol–water partition coefficient (Wildman–Crippen LogP) is 2.83. The van der Waals surface area contributed by atoms with Crippen LogP contribution in [0.2, 0.25) is 0 Å². The molecule has 2 aromatic rings. The fourth-order valence-corrected chi connectivity index (χ4v) is 2.20. The first-order valence-electron chi connectivity index (χ1n) is 6.73. The summed E-state index contributed by atoms with van der Waals surface area (Å²) >= 11 is 3.29. The zero-order chi connectivity index (χ0) is 15.8. The molecule has 0 aliphatic heterocycles. The van der Waals surface area contributed by atoms with Gasteiger partial charge in [0.1, 0.15) is 12.4 Å². The van der Waals surface area contributed by atoms with E-state index in [1.807, 2.05) is 24.3 Å². The van der Waals surface area contributed by atoms with Crippen LogP contribution in [0, 0.1) is 12.3 Å².